The molecule has 0 atom stereocenters. The van der Waals surface area contributed by atoms with Crippen LogP contribution >= 0.6 is 11.3 Å². The summed E-state index contributed by atoms with van der Waals surface area (Å²) in [4.78, 5) is 27.8. The molecular formula is C20H16N6OS. The van der Waals surface area contributed by atoms with Crippen LogP contribution in [-0.2, 0) is 7.05 Å². The van der Waals surface area contributed by atoms with Gasteiger partial charge in [0.1, 0.15) is 10.7 Å². The van der Waals surface area contributed by atoms with E-state index in [0.717, 1.165) is 27.0 Å². The van der Waals surface area contributed by atoms with Crippen LogP contribution in [0, 0.1) is 13.8 Å². The Bertz CT molecular complexity index is 1420. The highest BCUT2D eigenvalue weighted by atomic mass is 32.1. The van der Waals surface area contributed by atoms with Crippen molar-refractivity contribution in [2.45, 2.75) is 13.8 Å². The third-order valence-corrected chi connectivity index (χ3v) is 5.96. The molecule has 0 amide bonds. The number of hydrogen-bond donors (Lipinski definition) is 0. The minimum absolute atomic E-state index is 0.0559. The summed E-state index contributed by atoms with van der Waals surface area (Å²) in [6.07, 6.45) is 3.32. The van der Waals surface area contributed by atoms with Gasteiger partial charge in [-0.05, 0) is 31.5 Å². The SMILES string of the molecule is Cc1nc(-c2sc3ncn(C)c(=O)c3c2C)n(-c2cccc3cccnc23)n1. The van der Waals surface area contributed by atoms with Crippen molar-refractivity contribution < 1.29 is 0 Å². The highest BCUT2D eigenvalue weighted by Gasteiger charge is 2.21. The molecule has 7 nitrogen and oxygen atoms in total. The molecule has 0 aliphatic rings. The number of aromatic nitrogens is 6. The fourth-order valence-corrected chi connectivity index (χ4v) is 4.53. The van der Waals surface area contributed by atoms with Gasteiger partial charge in [-0.3, -0.25) is 9.78 Å². The maximum atomic E-state index is 12.6. The van der Waals surface area contributed by atoms with Gasteiger partial charge in [0, 0.05) is 18.6 Å². The van der Waals surface area contributed by atoms with Gasteiger partial charge in [-0.15, -0.1) is 11.3 Å². The number of aryl methyl sites for hydroxylation is 3. The minimum atomic E-state index is -0.0559. The van der Waals surface area contributed by atoms with E-state index in [9.17, 15) is 4.79 Å². The maximum Gasteiger partial charge on any atom is 0.262 e. The molecule has 28 heavy (non-hydrogen) atoms. The van der Waals surface area contributed by atoms with E-state index in [2.05, 4.69) is 20.1 Å². The molecule has 0 unspecified atom stereocenters. The van der Waals surface area contributed by atoms with E-state index in [1.807, 2.05) is 48.9 Å². The molecule has 0 spiro atoms. The Balaban J connectivity index is 1.83. The lowest BCUT2D eigenvalue weighted by Crippen LogP contribution is -2.16. The number of thiophene rings is 1. The van der Waals surface area contributed by atoms with Crippen LogP contribution in [0.2, 0.25) is 0 Å². The van der Waals surface area contributed by atoms with Gasteiger partial charge in [-0.25, -0.2) is 14.6 Å². The molecule has 5 rings (SSSR count). The van der Waals surface area contributed by atoms with Gasteiger partial charge in [0.05, 0.1) is 27.8 Å². The fraction of sp³-hybridized carbons (Fsp3) is 0.150. The number of benzene rings is 1. The summed E-state index contributed by atoms with van der Waals surface area (Å²) in [5, 5.41) is 6.29. The molecule has 4 aromatic heterocycles. The van der Waals surface area contributed by atoms with E-state index in [4.69, 9.17) is 0 Å². The molecule has 4 heterocycles. The highest BCUT2D eigenvalue weighted by Crippen LogP contribution is 2.36. The first-order valence-electron chi connectivity index (χ1n) is 8.77. The summed E-state index contributed by atoms with van der Waals surface area (Å²) >= 11 is 1.46. The standard InChI is InChI=1S/C20H16N6OS/c1-11-15-19(22-10-25(3)20(15)27)28-17(11)18-23-12(2)24-26(18)14-8-4-6-13-7-5-9-21-16(13)14/h4-10H,1-3H3. The van der Waals surface area contributed by atoms with Crippen LogP contribution < -0.4 is 5.56 Å². The average molecular weight is 388 g/mol. The van der Waals surface area contributed by atoms with Crippen molar-refractivity contribution >= 4 is 32.5 Å². The van der Waals surface area contributed by atoms with Gasteiger partial charge in [0.15, 0.2) is 5.82 Å². The van der Waals surface area contributed by atoms with Crippen LogP contribution in [0.25, 0.3) is 37.5 Å². The van der Waals surface area contributed by atoms with Crippen molar-refractivity contribution in [3.05, 3.63) is 64.6 Å². The van der Waals surface area contributed by atoms with Crippen molar-refractivity contribution in [2.75, 3.05) is 0 Å². The molecule has 0 N–H and O–H groups in total. The van der Waals surface area contributed by atoms with E-state index < -0.39 is 0 Å². The second-order valence-electron chi connectivity index (χ2n) is 6.64. The normalized spacial score (nSPS) is 11.5. The van der Waals surface area contributed by atoms with Crippen molar-refractivity contribution in [3.8, 4) is 16.4 Å². The Morgan fingerprint density at radius 3 is 2.75 bits per heavy atom. The lowest BCUT2D eigenvalue weighted by Gasteiger charge is -2.08. The number of hydrogen-bond acceptors (Lipinski definition) is 6. The highest BCUT2D eigenvalue weighted by molar-refractivity contribution is 7.22. The smallest absolute Gasteiger partial charge is 0.262 e. The zero-order valence-electron chi connectivity index (χ0n) is 15.5. The largest absolute Gasteiger partial charge is 0.302 e. The lowest BCUT2D eigenvalue weighted by atomic mass is 10.2. The molecule has 8 heteroatoms. The second-order valence-corrected chi connectivity index (χ2v) is 7.64. The minimum Gasteiger partial charge on any atom is -0.302 e. The molecule has 0 aliphatic heterocycles. The van der Waals surface area contributed by atoms with Crippen LogP contribution in [0.4, 0.5) is 0 Å². The fourth-order valence-electron chi connectivity index (χ4n) is 3.41. The summed E-state index contributed by atoms with van der Waals surface area (Å²) in [5.74, 6) is 1.35. The van der Waals surface area contributed by atoms with Crippen LogP contribution in [0.1, 0.15) is 11.4 Å². The topological polar surface area (TPSA) is 78.5 Å². The first kappa shape index (κ1) is 16.8. The third-order valence-electron chi connectivity index (χ3n) is 4.77. The van der Waals surface area contributed by atoms with Gasteiger partial charge < -0.3 is 4.57 Å². The Labute approximate surface area is 164 Å². The predicted octanol–water partition coefficient (Wildman–Crippen LogP) is 3.41. The van der Waals surface area contributed by atoms with Crippen LogP contribution in [0.3, 0.4) is 0 Å². The number of rotatable bonds is 2. The summed E-state index contributed by atoms with van der Waals surface area (Å²) in [7, 11) is 1.71. The van der Waals surface area contributed by atoms with Crippen molar-refractivity contribution in [3.63, 3.8) is 0 Å². The molecule has 0 fully saturated rings. The van der Waals surface area contributed by atoms with E-state index in [0.29, 0.717) is 21.9 Å². The molecule has 0 aliphatic carbocycles. The van der Waals surface area contributed by atoms with Crippen molar-refractivity contribution in [1.82, 2.24) is 29.3 Å². The lowest BCUT2D eigenvalue weighted by molar-refractivity contribution is 0.844. The first-order valence-corrected chi connectivity index (χ1v) is 9.59. The molecular weight excluding hydrogens is 372 g/mol. The van der Waals surface area contributed by atoms with E-state index in [-0.39, 0.29) is 5.56 Å². The van der Waals surface area contributed by atoms with Gasteiger partial charge in [-0.1, -0.05) is 18.2 Å². The maximum absolute atomic E-state index is 12.6. The molecule has 0 bridgehead atoms. The number of pyridine rings is 1. The van der Waals surface area contributed by atoms with Crippen LogP contribution in [0.15, 0.2) is 47.7 Å². The zero-order valence-corrected chi connectivity index (χ0v) is 16.4. The van der Waals surface area contributed by atoms with Gasteiger partial charge >= 0.3 is 0 Å². The Morgan fingerprint density at radius 1 is 1.07 bits per heavy atom. The average Bonchev–Trinajstić information content (AvgIpc) is 3.24. The van der Waals surface area contributed by atoms with Crippen LogP contribution in [-0.4, -0.2) is 29.3 Å². The number of para-hydroxylation sites is 1. The summed E-state index contributed by atoms with van der Waals surface area (Å²) in [5.41, 5.74) is 2.52. The third kappa shape index (κ3) is 2.38. The molecule has 0 saturated heterocycles. The van der Waals surface area contributed by atoms with Gasteiger partial charge in [0.2, 0.25) is 0 Å². The summed E-state index contributed by atoms with van der Waals surface area (Å²) < 4.78 is 3.31. The first-order chi connectivity index (χ1) is 13.5. The second kappa shape index (κ2) is 6.07. The molecule has 0 saturated carbocycles. The van der Waals surface area contributed by atoms with E-state index >= 15 is 0 Å². The van der Waals surface area contributed by atoms with Crippen molar-refractivity contribution in [2.24, 2.45) is 7.05 Å². The molecule has 1 aromatic carbocycles. The van der Waals surface area contributed by atoms with E-state index in [1.54, 1.807) is 19.6 Å². The number of nitrogens with zero attached hydrogens (tertiary/aromatic N) is 6. The molecule has 0 radical (unpaired) electrons. The Kier molecular flexibility index (Phi) is 3.63. The monoisotopic (exact) mass is 388 g/mol. The van der Waals surface area contributed by atoms with Gasteiger partial charge in [-0.2, -0.15) is 5.10 Å². The summed E-state index contributed by atoms with van der Waals surface area (Å²) in [6.45, 7) is 3.80. The summed E-state index contributed by atoms with van der Waals surface area (Å²) in [6, 6.07) is 9.92. The van der Waals surface area contributed by atoms with E-state index in [1.165, 1.54) is 15.9 Å². The molecule has 5 aromatic rings. The Morgan fingerprint density at radius 2 is 1.89 bits per heavy atom. The quantitative estimate of drug-likeness (QED) is 0.463. The number of fused-ring (bicyclic) bond motifs is 2. The zero-order chi connectivity index (χ0) is 19.4. The predicted molar refractivity (Wildman–Crippen MR) is 110 cm³/mol. The van der Waals surface area contributed by atoms with Crippen LogP contribution in [0.5, 0.6) is 0 Å². The van der Waals surface area contributed by atoms with Gasteiger partial charge in [0.25, 0.3) is 5.56 Å². The Hall–Kier alpha value is -3.39. The molecule has 138 valence electrons. The van der Waals surface area contributed by atoms with Crippen molar-refractivity contribution in [1.29, 1.82) is 0 Å².